The molecule has 0 fully saturated rings. The Bertz CT molecular complexity index is 686. The van der Waals surface area contributed by atoms with Gasteiger partial charge >= 0.3 is 0 Å². The van der Waals surface area contributed by atoms with Crippen molar-refractivity contribution >= 4 is 11.0 Å². The van der Waals surface area contributed by atoms with E-state index in [1.54, 1.807) is 0 Å². The number of nitrogens with two attached hydrogens (primary N) is 1. The van der Waals surface area contributed by atoms with E-state index in [2.05, 4.69) is 27.8 Å². The highest BCUT2D eigenvalue weighted by Crippen LogP contribution is 2.20. The predicted octanol–water partition coefficient (Wildman–Crippen LogP) is 2.82. The molecule has 0 aliphatic rings. The number of fused-ring (bicyclic) bond motifs is 1. The van der Waals surface area contributed by atoms with Gasteiger partial charge in [-0.15, -0.1) is 0 Å². The van der Waals surface area contributed by atoms with Gasteiger partial charge in [0.05, 0.1) is 17.1 Å². The van der Waals surface area contributed by atoms with E-state index < -0.39 is 0 Å². The Balaban J connectivity index is 1.93. The molecule has 3 nitrogen and oxygen atoms in total. The summed E-state index contributed by atoms with van der Waals surface area (Å²) in [6, 6.07) is 18.3. The molecule has 96 valence electrons. The molecule has 0 bridgehead atoms. The second kappa shape index (κ2) is 4.86. The van der Waals surface area contributed by atoms with Crippen LogP contribution in [-0.4, -0.2) is 9.55 Å². The molecule has 1 aromatic heterocycles. The number of imidazole rings is 1. The molecule has 0 aliphatic carbocycles. The van der Waals surface area contributed by atoms with E-state index in [1.807, 2.05) is 43.4 Å². The molecule has 3 heteroatoms. The average molecular weight is 251 g/mol. The van der Waals surface area contributed by atoms with Crippen LogP contribution in [0.5, 0.6) is 0 Å². The summed E-state index contributed by atoms with van der Waals surface area (Å²) >= 11 is 0. The van der Waals surface area contributed by atoms with Crippen molar-refractivity contribution in [3.8, 4) is 0 Å². The maximum absolute atomic E-state index is 6.31. The number of aryl methyl sites for hydroxylation is 1. The largest absolute Gasteiger partial charge is 0.330 e. The molecular weight excluding hydrogens is 234 g/mol. The monoisotopic (exact) mass is 251 g/mol. The highest BCUT2D eigenvalue weighted by atomic mass is 15.1. The molecule has 0 spiro atoms. The standard InChI is InChI=1S/C16H17N3/c1-19-15-10-6-5-9-14(15)18-16(19)13(17)11-12-7-3-2-4-8-12/h2-10,13H,11,17H2,1H3/t13-/m0/s1. The van der Waals surface area contributed by atoms with Crippen LogP contribution < -0.4 is 5.73 Å². The number of hydrogen-bond acceptors (Lipinski definition) is 2. The summed E-state index contributed by atoms with van der Waals surface area (Å²) < 4.78 is 2.09. The van der Waals surface area contributed by atoms with Gasteiger partial charge in [-0.05, 0) is 24.1 Å². The zero-order valence-electron chi connectivity index (χ0n) is 11.0. The predicted molar refractivity (Wildman–Crippen MR) is 77.8 cm³/mol. The summed E-state index contributed by atoms with van der Waals surface area (Å²) in [5.41, 5.74) is 9.68. The summed E-state index contributed by atoms with van der Waals surface area (Å²) in [6.07, 6.45) is 0.804. The van der Waals surface area contributed by atoms with E-state index in [9.17, 15) is 0 Å². The molecular formula is C16H17N3. The van der Waals surface area contributed by atoms with Gasteiger partial charge in [0, 0.05) is 7.05 Å². The van der Waals surface area contributed by atoms with Crippen LogP contribution in [0.2, 0.25) is 0 Å². The van der Waals surface area contributed by atoms with Gasteiger partial charge in [-0.25, -0.2) is 4.98 Å². The minimum absolute atomic E-state index is 0.0835. The molecule has 19 heavy (non-hydrogen) atoms. The molecule has 1 heterocycles. The van der Waals surface area contributed by atoms with E-state index in [1.165, 1.54) is 5.56 Å². The number of nitrogens with zero attached hydrogens (tertiary/aromatic N) is 2. The molecule has 0 saturated carbocycles. The summed E-state index contributed by atoms with van der Waals surface area (Å²) in [4.78, 5) is 4.65. The van der Waals surface area contributed by atoms with Gasteiger partial charge in [-0.2, -0.15) is 0 Å². The van der Waals surface area contributed by atoms with Crippen LogP contribution in [0.1, 0.15) is 17.4 Å². The third kappa shape index (κ3) is 2.25. The summed E-state index contributed by atoms with van der Waals surface area (Å²) in [5, 5.41) is 0. The third-order valence-corrected chi connectivity index (χ3v) is 3.45. The van der Waals surface area contributed by atoms with Crippen molar-refractivity contribution in [3.63, 3.8) is 0 Å². The molecule has 3 rings (SSSR count). The lowest BCUT2D eigenvalue weighted by Crippen LogP contribution is -2.17. The summed E-state index contributed by atoms with van der Waals surface area (Å²) in [5.74, 6) is 0.935. The first-order valence-electron chi connectivity index (χ1n) is 6.46. The molecule has 3 aromatic rings. The first-order chi connectivity index (χ1) is 9.25. The van der Waals surface area contributed by atoms with Crippen LogP contribution in [0.3, 0.4) is 0 Å². The van der Waals surface area contributed by atoms with Crippen molar-refractivity contribution in [3.05, 3.63) is 66.0 Å². The maximum Gasteiger partial charge on any atom is 0.126 e. The van der Waals surface area contributed by atoms with E-state index in [4.69, 9.17) is 5.73 Å². The fraction of sp³-hybridized carbons (Fsp3) is 0.188. The second-order valence-electron chi connectivity index (χ2n) is 4.81. The SMILES string of the molecule is Cn1c([C@@H](N)Cc2ccccc2)nc2ccccc21. The fourth-order valence-electron chi connectivity index (χ4n) is 2.46. The van der Waals surface area contributed by atoms with E-state index in [0.29, 0.717) is 0 Å². The molecule has 0 saturated heterocycles. The van der Waals surface area contributed by atoms with Crippen LogP contribution >= 0.6 is 0 Å². The Morgan fingerprint density at radius 1 is 1.05 bits per heavy atom. The molecule has 1 atom stereocenters. The smallest absolute Gasteiger partial charge is 0.126 e. The van der Waals surface area contributed by atoms with E-state index in [0.717, 1.165) is 23.3 Å². The molecule has 0 unspecified atom stereocenters. The quantitative estimate of drug-likeness (QED) is 0.778. The minimum atomic E-state index is -0.0835. The molecule has 2 N–H and O–H groups in total. The lowest BCUT2D eigenvalue weighted by Gasteiger charge is -2.11. The Labute approximate surface area is 112 Å². The third-order valence-electron chi connectivity index (χ3n) is 3.45. The number of aromatic nitrogens is 2. The van der Waals surface area contributed by atoms with E-state index >= 15 is 0 Å². The number of para-hydroxylation sites is 2. The zero-order chi connectivity index (χ0) is 13.2. The normalized spacial score (nSPS) is 12.7. The number of benzene rings is 2. The second-order valence-corrected chi connectivity index (χ2v) is 4.81. The zero-order valence-corrected chi connectivity index (χ0v) is 11.0. The van der Waals surface area contributed by atoms with Crippen molar-refractivity contribution in [2.45, 2.75) is 12.5 Å². The minimum Gasteiger partial charge on any atom is -0.330 e. The van der Waals surface area contributed by atoms with Crippen molar-refractivity contribution in [1.29, 1.82) is 0 Å². The topological polar surface area (TPSA) is 43.8 Å². The number of rotatable bonds is 3. The number of hydrogen-bond donors (Lipinski definition) is 1. The lowest BCUT2D eigenvalue weighted by molar-refractivity contribution is 0.638. The van der Waals surface area contributed by atoms with Crippen molar-refractivity contribution in [1.82, 2.24) is 9.55 Å². The van der Waals surface area contributed by atoms with Crippen LogP contribution in [0.15, 0.2) is 54.6 Å². The highest BCUT2D eigenvalue weighted by molar-refractivity contribution is 5.75. The Morgan fingerprint density at radius 2 is 1.74 bits per heavy atom. The Kier molecular flexibility index (Phi) is 3.05. The molecule has 0 aliphatic heterocycles. The summed E-state index contributed by atoms with van der Waals surface area (Å²) in [7, 11) is 2.02. The fourth-order valence-corrected chi connectivity index (χ4v) is 2.46. The molecule has 0 radical (unpaired) electrons. The van der Waals surface area contributed by atoms with Crippen molar-refractivity contribution < 1.29 is 0 Å². The van der Waals surface area contributed by atoms with E-state index in [-0.39, 0.29) is 6.04 Å². The maximum atomic E-state index is 6.31. The van der Waals surface area contributed by atoms with Crippen molar-refractivity contribution in [2.24, 2.45) is 12.8 Å². The average Bonchev–Trinajstić information content (AvgIpc) is 2.78. The van der Waals surface area contributed by atoms with Crippen LogP contribution in [0.4, 0.5) is 0 Å². The lowest BCUT2D eigenvalue weighted by atomic mass is 10.1. The van der Waals surface area contributed by atoms with Gasteiger partial charge in [-0.3, -0.25) is 0 Å². The Hall–Kier alpha value is -2.13. The van der Waals surface area contributed by atoms with Gasteiger partial charge in [0.15, 0.2) is 0 Å². The molecule has 0 amide bonds. The first-order valence-corrected chi connectivity index (χ1v) is 6.46. The van der Waals surface area contributed by atoms with Crippen LogP contribution in [-0.2, 0) is 13.5 Å². The molecule has 2 aromatic carbocycles. The van der Waals surface area contributed by atoms with Crippen LogP contribution in [0, 0.1) is 0 Å². The van der Waals surface area contributed by atoms with Gasteiger partial charge in [0.1, 0.15) is 5.82 Å². The summed E-state index contributed by atoms with van der Waals surface area (Å²) in [6.45, 7) is 0. The van der Waals surface area contributed by atoms with Gasteiger partial charge in [0.25, 0.3) is 0 Å². The Morgan fingerprint density at radius 3 is 2.47 bits per heavy atom. The van der Waals surface area contributed by atoms with Crippen molar-refractivity contribution in [2.75, 3.05) is 0 Å². The van der Waals surface area contributed by atoms with Gasteiger partial charge in [-0.1, -0.05) is 42.5 Å². The van der Waals surface area contributed by atoms with Crippen LogP contribution in [0.25, 0.3) is 11.0 Å². The first kappa shape index (κ1) is 11.9. The van der Waals surface area contributed by atoms with Gasteiger partial charge in [0.2, 0.25) is 0 Å². The highest BCUT2D eigenvalue weighted by Gasteiger charge is 2.14. The van der Waals surface area contributed by atoms with Gasteiger partial charge < -0.3 is 10.3 Å².